The summed E-state index contributed by atoms with van der Waals surface area (Å²) in [5.41, 5.74) is 4.51. The summed E-state index contributed by atoms with van der Waals surface area (Å²) in [6, 6.07) is 2.47. The molecule has 0 aliphatic heterocycles. The minimum absolute atomic E-state index is 0.0978. The third kappa shape index (κ3) is 3.59. The first-order chi connectivity index (χ1) is 11.4. The van der Waals surface area contributed by atoms with Crippen LogP contribution in [-0.2, 0) is 5.41 Å². The van der Waals surface area contributed by atoms with E-state index in [1.807, 2.05) is 7.11 Å². The molecule has 0 aromatic heterocycles. The van der Waals surface area contributed by atoms with Crippen molar-refractivity contribution in [2.45, 2.75) is 72.6 Å². The predicted octanol–water partition coefficient (Wildman–Crippen LogP) is 4.73. The molecule has 1 aliphatic rings. The highest BCUT2D eigenvalue weighted by atomic mass is 28.3. The van der Waals surface area contributed by atoms with Crippen LogP contribution in [0.1, 0.15) is 45.2 Å². The van der Waals surface area contributed by atoms with Gasteiger partial charge in [0, 0.05) is 0 Å². The van der Waals surface area contributed by atoms with Gasteiger partial charge in [0.15, 0.2) is 0 Å². The van der Waals surface area contributed by atoms with E-state index < -0.39 is 16.9 Å². The van der Waals surface area contributed by atoms with Crippen LogP contribution in [0.3, 0.4) is 0 Å². The van der Waals surface area contributed by atoms with Crippen LogP contribution in [0.4, 0.5) is 0 Å². The fraction of sp³-hybridized carbons (Fsp3) is 0.545. The van der Waals surface area contributed by atoms with Crippen LogP contribution < -0.4 is 15.1 Å². The Hall–Kier alpha value is -1.07. The zero-order valence-electron chi connectivity index (χ0n) is 17.9. The number of methoxy groups -OCH3 is 1. The zero-order chi connectivity index (χ0) is 19.2. The van der Waals surface area contributed by atoms with E-state index in [9.17, 15) is 0 Å². The molecule has 0 unspecified atom stereocenters. The lowest BCUT2D eigenvalue weighted by atomic mass is 9.85. The molecule has 1 aromatic carbocycles. The Morgan fingerprint density at radius 3 is 2.12 bits per heavy atom. The molecule has 3 heteroatoms. The van der Waals surface area contributed by atoms with Gasteiger partial charge in [0.2, 0.25) is 0 Å². The van der Waals surface area contributed by atoms with Crippen molar-refractivity contribution < 1.29 is 4.74 Å². The lowest BCUT2D eigenvalue weighted by Crippen LogP contribution is -2.48. The van der Waals surface area contributed by atoms with E-state index in [1.165, 1.54) is 27.6 Å². The fourth-order valence-electron chi connectivity index (χ4n) is 4.50. The summed E-state index contributed by atoms with van der Waals surface area (Å²) in [5.74, 6) is 1.18. The van der Waals surface area contributed by atoms with Crippen molar-refractivity contribution >= 4 is 27.2 Å². The van der Waals surface area contributed by atoms with E-state index in [0.29, 0.717) is 0 Å². The highest BCUT2D eigenvalue weighted by molar-refractivity contribution is 6.96. The van der Waals surface area contributed by atoms with Gasteiger partial charge in [-0.05, 0) is 36.4 Å². The van der Waals surface area contributed by atoms with Gasteiger partial charge in [0.25, 0.3) is 0 Å². The Bertz CT molecular complexity index is 731. The van der Waals surface area contributed by atoms with Gasteiger partial charge in [0.1, 0.15) is 13.8 Å². The molecule has 0 radical (unpaired) electrons. The molecule has 138 valence electrons. The molecule has 0 N–H and O–H groups in total. The SMILES string of the molecule is COc1c([Si](C)(C)C2=C(C)C=CC2)cc(C)c([SiH](C)C)c1C(C)(C)C. The van der Waals surface area contributed by atoms with E-state index >= 15 is 0 Å². The molecule has 2 rings (SSSR count). The second-order valence-corrected chi connectivity index (χ2v) is 16.6. The Morgan fingerprint density at radius 1 is 1.12 bits per heavy atom. The van der Waals surface area contributed by atoms with Gasteiger partial charge >= 0.3 is 0 Å². The van der Waals surface area contributed by atoms with Crippen molar-refractivity contribution in [3.63, 3.8) is 0 Å². The molecule has 1 nitrogen and oxygen atoms in total. The zero-order valence-corrected chi connectivity index (χ0v) is 20.1. The molecule has 0 saturated carbocycles. The summed E-state index contributed by atoms with van der Waals surface area (Å²) in [6.07, 6.45) is 5.72. The predicted molar refractivity (Wildman–Crippen MR) is 119 cm³/mol. The van der Waals surface area contributed by atoms with Crippen LogP contribution in [0.5, 0.6) is 5.75 Å². The maximum atomic E-state index is 6.14. The first-order valence-corrected chi connectivity index (χ1v) is 15.4. The summed E-state index contributed by atoms with van der Waals surface area (Å²) in [7, 11) is -0.850. The van der Waals surface area contributed by atoms with Crippen LogP contribution in [-0.4, -0.2) is 24.0 Å². The van der Waals surface area contributed by atoms with E-state index in [1.54, 1.807) is 10.4 Å². The number of aryl methyl sites for hydroxylation is 1. The third-order valence-corrected chi connectivity index (χ3v) is 11.4. The molecule has 0 fully saturated rings. The molecule has 25 heavy (non-hydrogen) atoms. The molecule has 1 aliphatic carbocycles. The minimum Gasteiger partial charge on any atom is -0.497 e. The Morgan fingerprint density at radius 2 is 1.72 bits per heavy atom. The van der Waals surface area contributed by atoms with E-state index in [0.717, 1.165) is 6.42 Å². The summed E-state index contributed by atoms with van der Waals surface area (Å²) in [5, 5.41) is 4.74. The van der Waals surface area contributed by atoms with Gasteiger partial charge < -0.3 is 4.74 Å². The monoisotopic (exact) mass is 372 g/mol. The largest absolute Gasteiger partial charge is 0.497 e. The van der Waals surface area contributed by atoms with Crippen molar-refractivity contribution in [2.24, 2.45) is 0 Å². The fourth-order valence-corrected chi connectivity index (χ4v) is 10.0. The second kappa shape index (κ2) is 6.92. The van der Waals surface area contributed by atoms with Crippen LogP contribution in [0.2, 0.25) is 26.2 Å². The van der Waals surface area contributed by atoms with Gasteiger partial charge in [-0.1, -0.05) is 86.7 Å². The van der Waals surface area contributed by atoms with Crippen molar-refractivity contribution in [3.8, 4) is 5.75 Å². The van der Waals surface area contributed by atoms with Crippen molar-refractivity contribution in [3.05, 3.63) is 40.1 Å². The molecule has 1 aromatic rings. The number of benzene rings is 1. The molecule has 0 amide bonds. The van der Waals surface area contributed by atoms with Crippen LogP contribution >= 0.6 is 0 Å². The molecule has 0 bridgehead atoms. The van der Waals surface area contributed by atoms with Gasteiger partial charge in [-0.15, -0.1) is 0 Å². The lowest BCUT2D eigenvalue weighted by molar-refractivity contribution is 0.401. The standard InChI is InChI=1S/C22H36OSi2/c1-15-12-11-13-17(15)25(9,10)18-14-16(2)21(24(7)8)19(20(18)23-6)22(3,4)5/h11-12,14,24H,13H2,1-10H3. The highest BCUT2D eigenvalue weighted by Crippen LogP contribution is 2.35. The number of rotatable bonds is 4. The molecular formula is C22H36OSi2. The van der Waals surface area contributed by atoms with Gasteiger partial charge in [-0.25, -0.2) is 0 Å². The van der Waals surface area contributed by atoms with Gasteiger partial charge in [-0.3, -0.25) is 0 Å². The van der Waals surface area contributed by atoms with Crippen molar-refractivity contribution in [2.75, 3.05) is 7.11 Å². The average molecular weight is 373 g/mol. The summed E-state index contributed by atoms with van der Waals surface area (Å²) in [4.78, 5) is 0. The van der Waals surface area contributed by atoms with E-state index in [-0.39, 0.29) is 5.41 Å². The van der Waals surface area contributed by atoms with E-state index in [4.69, 9.17) is 4.74 Å². The summed E-state index contributed by atoms with van der Waals surface area (Å²) in [6.45, 7) is 21.5. The Labute approximate surface area is 157 Å². The maximum Gasteiger partial charge on any atom is 0.122 e. The van der Waals surface area contributed by atoms with Crippen molar-refractivity contribution in [1.29, 1.82) is 0 Å². The van der Waals surface area contributed by atoms with Crippen molar-refractivity contribution in [1.82, 2.24) is 0 Å². The van der Waals surface area contributed by atoms with Crippen LogP contribution in [0.15, 0.2) is 29.0 Å². The maximum absolute atomic E-state index is 6.14. The highest BCUT2D eigenvalue weighted by Gasteiger charge is 2.37. The Kier molecular flexibility index (Phi) is 5.60. The minimum atomic E-state index is -1.77. The van der Waals surface area contributed by atoms with Gasteiger partial charge in [-0.2, -0.15) is 0 Å². The first kappa shape index (κ1) is 20.2. The topological polar surface area (TPSA) is 9.23 Å². The molecular weight excluding hydrogens is 336 g/mol. The number of ether oxygens (including phenoxy) is 1. The van der Waals surface area contributed by atoms with E-state index in [2.05, 4.69) is 79.0 Å². The number of allylic oxidation sites excluding steroid dienone is 4. The molecule has 0 heterocycles. The smallest absolute Gasteiger partial charge is 0.122 e. The Balaban J connectivity index is 2.85. The third-order valence-electron chi connectivity index (χ3n) is 5.65. The first-order valence-electron chi connectivity index (χ1n) is 9.52. The lowest BCUT2D eigenvalue weighted by Gasteiger charge is -2.35. The molecule has 0 saturated heterocycles. The second-order valence-electron chi connectivity index (χ2n) is 9.36. The molecule has 0 spiro atoms. The number of hydrogen-bond donors (Lipinski definition) is 0. The normalized spacial score (nSPS) is 15.5. The number of hydrogen-bond acceptors (Lipinski definition) is 1. The van der Waals surface area contributed by atoms with Crippen LogP contribution in [0, 0.1) is 6.92 Å². The average Bonchev–Trinajstić information content (AvgIpc) is 2.91. The summed E-state index contributed by atoms with van der Waals surface area (Å²) >= 11 is 0. The van der Waals surface area contributed by atoms with Gasteiger partial charge in [0.05, 0.1) is 15.9 Å². The molecule has 0 atom stereocenters. The quantitative estimate of drug-likeness (QED) is 0.695. The summed E-state index contributed by atoms with van der Waals surface area (Å²) < 4.78 is 6.14. The van der Waals surface area contributed by atoms with Crippen LogP contribution in [0.25, 0.3) is 0 Å².